The maximum absolute atomic E-state index is 10.0. The van der Waals surface area contributed by atoms with E-state index < -0.39 is 0 Å². The highest BCUT2D eigenvalue weighted by atomic mass is 32.1. The standard InChI is InChI=1S/C13H21N3OS/c1-3-15(4-2)6-5-12(17)9-11-10-16-7-8-18-13(16)14-11/h7-8,10,12,17H,3-6,9H2,1-2H3. The average molecular weight is 267 g/mol. The molecule has 0 aliphatic carbocycles. The van der Waals surface area contributed by atoms with Crippen molar-refractivity contribution in [3.05, 3.63) is 23.5 Å². The summed E-state index contributed by atoms with van der Waals surface area (Å²) < 4.78 is 2.01. The number of thiazole rings is 1. The van der Waals surface area contributed by atoms with E-state index in [1.165, 1.54) is 0 Å². The Bertz CT molecular complexity index is 447. The van der Waals surface area contributed by atoms with Gasteiger partial charge in [-0.15, -0.1) is 11.3 Å². The molecule has 18 heavy (non-hydrogen) atoms. The fourth-order valence-corrected chi connectivity index (χ4v) is 2.81. The van der Waals surface area contributed by atoms with Crippen LogP contribution in [0, 0.1) is 0 Å². The van der Waals surface area contributed by atoms with Crippen LogP contribution in [-0.2, 0) is 6.42 Å². The van der Waals surface area contributed by atoms with Gasteiger partial charge in [0.15, 0.2) is 4.96 Å². The molecule has 0 spiro atoms. The molecule has 5 heteroatoms. The van der Waals surface area contributed by atoms with Crippen LogP contribution in [0.4, 0.5) is 0 Å². The zero-order valence-corrected chi connectivity index (χ0v) is 11.9. The number of aliphatic hydroxyl groups excluding tert-OH is 1. The first-order valence-corrected chi connectivity index (χ1v) is 7.42. The molecule has 0 bridgehead atoms. The van der Waals surface area contributed by atoms with Crippen molar-refractivity contribution in [1.82, 2.24) is 14.3 Å². The third-order valence-electron chi connectivity index (χ3n) is 3.26. The van der Waals surface area contributed by atoms with E-state index in [1.54, 1.807) is 11.3 Å². The van der Waals surface area contributed by atoms with Gasteiger partial charge in [0, 0.05) is 30.7 Å². The molecular formula is C13H21N3OS. The minimum absolute atomic E-state index is 0.296. The van der Waals surface area contributed by atoms with E-state index in [0.29, 0.717) is 6.42 Å². The Morgan fingerprint density at radius 1 is 1.44 bits per heavy atom. The summed E-state index contributed by atoms with van der Waals surface area (Å²) in [6.45, 7) is 7.35. The normalized spacial score (nSPS) is 13.6. The van der Waals surface area contributed by atoms with Gasteiger partial charge >= 0.3 is 0 Å². The van der Waals surface area contributed by atoms with Crippen molar-refractivity contribution in [2.24, 2.45) is 0 Å². The Balaban J connectivity index is 1.83. The number of hydrogen-bond donors (Lipinski definition) is 1. The molecule has 1 N–H and O–H groups in total. The van der Waals surface area contributed by atoms with E-state index in [-0.39, 0.29) is 6.10 Å². The van der Waals surface area contributed by atoms with Crippen molar-refractivity contribution >= 4 is 16.3 Å². The molecule has 0 aliphatic rings. The molecule has 1 unspecified atom stereocenters. The molecule has 4 nitrogen and oxygen atoms in total. The molecule has 0 fully saturated rings. The second-order valence-corrected chi connectivity index (χ2v) is 5.37. The van der Waals surface area contributed by atoms with Gasteiger partial charge < -0.3 is 10.0 Å². The van der Waals surface area contributed by atoms with Gasteiger partial charge in [0.1, 0.15) is 0 Å². The average Bonchev–Trinajstić information content (AvgIpc) is 2.91. The molecule has 0 aromatic carbocycles. The van der Waals surface area contributed by atoms with E-state index in [0.717, 1.165) is 36.7 Å². The number of aliphatic hydroxyl groups is 1. The summed E-state index contributed by atoms with van der Waals surface area (Å²) >= 11 is 1.62. The van der Waals surface area contributed by atoms with Crippen LogP contribution >= 0.6 is 11.3 Å². The lowest BCUT2D eigenvalue weighted by Gasteiger charge is -2.19. The largest absolute Gasteiger partial charge is 0.393 e. The van der Waals surface area contributed by atoms with E-state index >= 15 is 0 Å². The van der Waals surface area contributed by atoms with Crippen molar-refractivity contribution in [2.75, 3.05) is 19.6 Å². The van der Waals surface area contributed by atoms with Crippen LogP contribution in [-0.4, -0.2) is 45.1 Å². The zero-order valence-electron chi connectivity index (χ0n) is 11.0. The van der Waals surface area contributed by atoms with Crippen molar-refractivity contribution in [2.45, 2.75) is 32.8 Å². The van der Waals surface area contributed by atoms with Gasteiger partial charge in [0.25, 0.3) is 0 Å². The third-order valence-corrected chi connectivity index (χ3v) is 4.03. The molecule has 0 aliphatic heterocycles. The second-order valence-electron chi connectivity index (χ2n) is 4.50. The topological polar surface area (TPSA) is 40.8 Å². The van der Waals surface area contributed by atoms with Crippen LogP contribution in [0.25, 0.3) is 4.96 Å². The molecular weight excluding hydrogens is 246 g/mol. The summed E-state index contributed by atoms with van der Waals surface area (Å²) in [5.41, 5.74) is 0.980. The Morgan fingerprint density at radius 3 is 2.89 bits per heavy atom. The molecule has 2 aromatic rings. The summed E-state index contributed by atoms with van der Waals surface area (Å²) in [7, 11) is 0. The van der Waals surface area contributed by atoms with Gasteiger partial charge in [0.2, 0.25) is 0 Å². The highest BCUT2D eigenvalue weighted by molar-refractivity contribution is 7.15. The number of aromatic nitrogens is 2. The summed E-state index contributed by atoms with van der Waals surface area (Å²) in [6.07, 6.45) is 5.17. The Hall–Kier alpha value is -0.910. The Labute approximate surface area is 112 Å². The second kappa shape index (κ2) is 6.31. The molecule has 2 rings (SSSR count). The first kappa shape index (κ1) is 13.5. The van der Waals surface area contributed by atoms with Crippen LogP contribution in [0.5, 0.6) is 0 Å². The van der Waals surface area contributed by atoms with Crippen LogP contribution in [0.1, 0.15) is 26.0 Å². The van der Waals surface area contributed by atoms with Crippen LogP contribution in [0.2, 0.25) is 0 Å². The molecule has 0 radical (unpaired) electrons. The van der Waals surface area contributed by atoms with Gasteiger partial charge in [-0.3, -0.25) is 4.40 Å². The first-order valence-electron chi connectivity index (χ1n) is 6.54. The number of imidazole rings is 1. The molecule has 1 atom stereocenters. The Morgan fingerprint density at radius 2 is 2.22 bits per heavy atom. The number of fused-ring (bicyclic) bond motifs is 1. The van der Waals surface area contributed by atoms with E-state index in [4.69, 9.17) is 0 Å². The SMILES string of the molecule is CCN(CC)CCC(O)Cc1cn2ccsc2n1. The van der Waals surface area contributed by atoms with Gasteiger partial charge in [-0.1, -0.05) is 13.8 Å². The summed E-state index contributed by atoms with van der Waals surface area (Å²) in [5, 5.41) is 12.0. The van der Waals surface area contributed by atoms with Gasteiger partial charge in [0.05, 0.1) is 11.8 Å². The van der Waals surface area contributed by atoms with E-state index in [1.807, 2.05) is 22.2 Å². The van der Waals surface area contributed by atoms with Crippen molar-refractivity contribution < 1.29 is 5.11 Å². The lowest BCUT2D eigenvalue weighted by Crippen LogP contribution is -2.27. The maximum Gasteiger partial charge on any atom is 0.193 e. The minimum atomic E-state index is -0.296. The maximum atomic E-state index is 10.0. The lowest BCUT2D eigenvalue weighted by molar-refractivity contribution is 0.143. The molecule has 2 aromatic heterocycles. The Kier molecular flexibility index (Phi) is 4.74. The molecule has 100 valence electrons. The van der Waals surface area contributed by atoms with Gasteiger partial charge in [-0.05, 0) is 19.5 Å². The molecule has 0 amide bonds. The fourth-order valence-electron chi connectivity index (χ4n) is 2.09. The van der Waals surface area contributed by atoms with Crippen LogP contribution < -0.4 is 0 Å². The lowest BCUT2D eigenvalue weighted by atomic mass is 10.1. The smallest absolute Gasteiger partial charge is 0.193 e. The van der Waals surface area contributed by atoms with Crippen molar-refractivity contribution in [1.29, 1.82) is 0 Å². The predicted octanol–water partition coefficient (Wildman–Crippen LogP) is 2.03. The predicted molar refractivity (Wildman–Crippen MR) is 75.2 cm³/mol. The number of nitrogens with zero attached hydrogens (tertiary/aromatic N) is 3. The van der Waals surface area contributed by atoms with E-state index in [9.17, 15) is 5.11 Å². The summed E-state index contributed by atoms with van der Waals surface area (Å²) in [4.78, 5) is 7.82. The monoisotopic (exact) mass is 267 g/mol. The summed E-state index contributed by atoms with van der Waals surface area (Å²) in [5.74, 6) is 0. The van der Waals surface area contributed by atoms with Gasteiger partial charge in [-0.2, -0.15) is 0 Å². The third kappa shape index (κ3) is 3.31. The zero-order chi connectivity index (χ0) is 13.0. The first-order chi connectivity index (χ1) is 8.72. The minimum Gasteiger partial charge on any atom is -0.393 e. The van der Waals surface area contributed by atoms with Crippen molar-refractivity contribution in [3.63, 3.8) is 0 Å². The quantitative estimate of drug-likeness (QED) is 0.834. The van der Waals surface area contributed by atoms with E-state index in [2.05, 4.69) is 23.7 Å². The molecule has 0 saturated heterocycles. The van der Waals surface area contributed by atoms with Crippen LogP contribution in [0.3, 0.4) is 0 Å². The molecule has 2 heterocycles. The van der Waals surface area contributed by atoms with Crippen molar-refractivity contribution in [3.8, 4) is 0 Å². The highest BCUT2D eigenvalue weighted by Gasteiger charge is 2.10. The number of hydrogen-bond acceptors (Lipinski definition) is 4. The van der Waals surface area contributed by atoms with Crippen LogP contribution in [0.15, 0.2) is 17.8 Å². The summed E-state index contributed by atoms with van der Waals surface area (Å²) in [6, 6.07) is 0. The fraction of sp³-hybridized carbons (Fsp3) is 0.615. The molecule has 0 saturated carbocycles. The highest BCUT2D eigenvalue weighted by Crippen LogP contribution is 2.13. The number of rotatable bonds is 7. The van der Waals surface area contributed by atoms with Gasteiger partial charge in [-0.25, -0.2) is 4.98 Å².